The van der Waals surface area contributed by atoms with Gasteiger partial charge in [-0.1, -0.05) is 40.2 Å². The van der Waals surface area contributed by atoms with Gasteiger partial charge >= 0.3 is 0 Å². The molecule has 0 fully saturated rings. The molecule has 1 aliphatic heterocycles. The molecule has 0 saturated carbocycles. The van der Waals surface area contributed by atoms with E-state index in [0.717, 1.165) is 6.54 Å². The van der Waals surface area contributed by atoms with Crippen LogP contribution in [0.3, 0.4) is 0 Å². The quantitative estimate of drug-likeness (QED) is 0.629. The molecule has 0 saturated heterocycles. The number of nitrogens with zero attached hydrogens (tertiary/aromatic N) is 1. The first-order chi connectivity index (χ1) is 6.05. The van der Waals surface area contributed by atoms with Gasteiger partial charge in [0.1, 0.15) is 0 Å². The van der Waals surface area contributed by atoms with E-state index in [1.54, 1.807) is 0 Å². The van der Waals surface area contributed by atoms with Crippen molar-refractivity contribution in [1.82, 2.24) is 0 Å². The van der Waals surface area contributed by atoms with Gasteiger partial charge in [-0.3, -0.25) is 4.99 Å². The third kappa shape index (κ3) is 2.68. The van der Waals surface area contributed by atoms with E-state index in [9.17, 15) is 0 Å². The summed E-state index contributed by atoms with van der Waals surface area (Å²) in [5.74, 6) is 0.635. The zero-order chi connectivity index (χ0) is 9.90. The van der Waals surface area contributed by atoms with E-state index in [1.807, 2.05) is 0 Å². The van der Waals surface area contributed by atoms with E-state index in [4.69, 9.17) is 0 Å². The second kappa shape index (κ2) is 4.08. The molecule has 0 N–H and O–H groups in total. The Balaban J connectivity index is 2.73. The Bertz CT molecular complexity index is 218. The predicted octanol–water partition coefficient (Wildman–Crippen LogP) is 3.46. The first-order valence-electron chi connectivity index (χ1n) is 5.26. The summed E-state index contributed by atoms with van der Waals surface area (Å²) in [6.07, 6.45) is 6.86. The van der Waals surface area contributed by atoms with Crippen molar-refractivity contribution in [2.45, 2.75) is 40.5 Å². The van der Waals surface area contributed by atoms with Gasteiger partial charge < -0.3 is 0 Å². The van der Waals surface area contributed by atoms with Gasteiger partial charge in [0.25, 0.3) is 0 Å². The summed E-state index contributed by atoms with van der Waals surface area (Å²) < 4.78 is 0. The van der Waals surface area contributed by atoms with Gasteiger partial charge in [-0.25, -0.2) is 0 Å². The minimum absolute atomic E-state index is 0.351. The van der Waals surface area contributed by atoms with E-state index in [-0.39, 0.29) is 0 Å². The largest absolute Gasteiger partial charge is 0.285 e. The Morgan fingerprint density at radius 1 is 1.46 bits per heavy atom. The SMILES string of the molecule is CCCC(C1=NCC=C1)C(C)(C)C. The fourth-order valence-corrected chi connectivity index (χ4v) is 1.92. The molecule has 1 unspecified atom stereocenters. The van der Waals surface area contributed by atoms with Gasteiger partial charge in [-0.15, -0.1) is 0 Å². The average Bonchev–Trinajstić information content (AvgIpc) is 2.49. The molecule has 74 valence electrons. The Labute approximate surface area is 82.0 Å². The molecular weight excluding hydrogens is 158 g/mol. The molecule has 1 atom stereocenters. The van der Waals surface area contributed by atoms with Crippen LogP contribution in [0.25, 0.3) is 0 Å². The van der Waals surface area contributed by atoms with E-state index < -0.39 is 0 Å². The normalized spacial score (nSPS) is 18.9. The number of allylic oxidation sites excluding steroid dienone is 1. The minimum Gasteiger partial charge on any atom is -0.285 e. The van der Waals surface area contributed by atoms with E-state index in [2.05, 4.69) is 44.8 Å². The maximum atomic E-state index is 4.53. The van der Waals surface area contributed by atoms with Gasteiger partial charge in [0.2, 0.25) is 0 Å². The highest BCUT2D eigenvalue weighted by Gasteiger charge is 2.27. The highest BCUT2D eigenvalue weighted by Crippen LogP contribution is 2.32. The van der Waals surface area contributed by atoms with Crippen molar-refractivity contribution >= 4 is 5.71 Å². The van der Waals surface area contributed by atoms with E-state index >= 15 is 0 Å². The lowest BCUT2D eigenvalue weighted by atomic mass is 9.75. The summed E-state index contributed by atoms with van der Waals surface area (Å²) in [7, 11) is 0. The van der Waals surface area contributed by atoms with Gasteiger partial charge in [-0.05, 0) is 17.9 Å². The zero-order valence-electron chi connectivity index (χ0n) is 9.30. The molecule has 0 amide bonds. The molecule has 0 aromatic carbocycles. The summed E-state index contributed by atoms with van der Waals surface area (Å²) >= 11 is 0. The molecule has 0 spiro atoms. The maximum Gasteiger partial charge on any atom is 0.0577 e. The number of hydrogen-bond donors (Lipinski definition) is 0. The molecule has 13 heavy (non-hydrogen) atoms. The molecule has 0 aliphatic carbocycles. The van der Waals surface area contributed by atoms with Gasteiger partial charge in [-0.2, -0.15) is 0 Å². The lowest BCUT2D eigenvalue weighted by molar-refractivity contribution is 0.297. The molecule has 1 heterocycles. The van der Waals surface area contributed by atoms with Crippen LogP contribution in [0.1, 0.15) is 40.5 Å². The molecule has 0 aromatic heterocycles. The average molecular weight is 179 g/mol. The van der Waals surface area contributed by atoms with Crippen LogP contribution in [0, 0.1) is 11.3 Å². The number of aliphatic imine (C=N–C) groups is 1. The van der Waals surface area contributed by atoms with Crippen molar-refractivity contribution in [2.24, 2.45) is 16.3 Å². The molecule has 1 heteroatoms. The molecule has 0 radical (unpaired) electrons. The predicted molar refractivity (Wildman–Crippen MR) is 59.3 cm³/mol. The summed E-state index contributed by atoms with van der Waals surface area (Å²) in [5.41, 5.74) is 1.66. The standard InChI is InChI=1S/C12H21N/c1-5-7-10(12(2,3)4)11-8-6-9-13-11/h6,8,10H,5,7,9H2,1-4H3. The van der Waals surface area contributed by atoms with Gasteiger partial charge in [0.15, 0.2) is 0 Å². The second-order valence-corrected chi connectivity index (χ2v) is 4.88. The smallest absolute Gasteiger partial charge is 0.0577 e. The first kappa shape index (κ1) is 10.5. The van der Waals surface area contributed by atoms with Crippen LogP contribution >= 0.6 is 0 Å². The van der Waals surface area contributed by atoms with Crippen LogP contribution in [-0.2, 0) is 0 Å². The van der Waals surface area contributed by atoms with Gasteiger partial charge in [0.05, 0.1) is 6.54 Å². The van der Waals surface area contributed by atoms with Crippen LogP contribution in [-0.4, -0.2) is 12.3 Å². The monoisotopic (exact) mass is 179 g/mol. The van der Waals surface area contributed by atoms with Crippen molar-refractivity contribution in [3.05, 3.63) is 12.2 Å². The third-order valence-corrected chi connectivity index (χ3v) is 2.65. The molecule has 0 bridgehead atoms. The Hall–Kier alpha value is -0.590. The lowest BCUT2D eigenvalue weighted by Gasteiger charge is -2.30. The van der Waals surface area contributed by atoms with E-state index in [1.165, 1.54) is 18.6 Å². The van der Waals surface area contributed by atoms with Crippen LogP contribution in [0.5, 0.6) is 0 Å². The van der Waals surface area contributed by atoms with Crippen molar-refractivity contribution in [3.63, 3.8) is 0 Å². The highest BCUT2D eigenvalue weighted by atomic mass is 14.8. The fourth-order valence-electron chi connectivity index (χ4n) is 1.92. The molecule has 1 nitrogen and oxygen atoms in total. The zero-order valence-corrected chi connectivity index (χ0v) is 9.30. The summed E-state index contributed by atoms with van der Waals surface area (Å²) in [6, 6.07) is 0. The third-order valence-electron chi connectivity index (χ3n) is 2.65. The minimum atomic E-state index is 0.351. The maximum absolute atomic E-state index is 4.53. The van der Waals surface area contributed by atoms with Crippen molar-refractivity contribution in [1.29, 1.82) is 0 Å². The van der Waals surface area contributed by atoms with Crippen LogP contribution in [0.15, 0.2) is 17.1 Å². The number of rotatable bonds is 3. The van der Waals surface area contributed by atoms with E-state index in [0.29, 0.717) is 11.3 Å². The first-order valence-corrected chi connectivity index (χ1v) is 5.26. The molecule has 0 aromatic rings. The summed E-state index contributed by atoms with van der Waals surface area (Å²) in [5, 5.41) is 0. The van der Waals surface area contributed by atoms with Crippen molar-refractivity contribution < 1.29 is 0 Å². The topological polar surface area (TPSA) is 12.4 Å². The Morgan fingerprint density at radius 2 is 2.15 bits per heavy atom. The number of hydrogen-bond acceptors (Lipinski definition) is 1. The molecule has 1 aliphatic rings. The second-order valence-electron chi connectivity index (χ2n) is 4.88. The molecular formula is C12H21N. The van der Waals surface area contributed by atoms with Crippen LogP contribution in [0.2, 0.25) is 0 Å². The van der Waals surface area contributed by atoms with Crippen LogP contribution < -0.4 is 0 Å². The summed E-state index contributed by atoms with van der Waals surface area (Å²) in [6.45, 7) is 10.1. The highest BCUT2D eigenvalue weighted by molar-refractivity contribution is 5.98. The van der Waals surface area contributed by atoms with Crippen molar-refractivity contribution in [3.8, 4) is 0 Å². The van der Waals surface area contributed by atoms with Gasteiger partial charge in [0, 0.05) is 11.6 Å². The van der Waals surface area contributed by atoms with Crippen molar-refractivity contribution in [2.75, 3.05) is 6.54 Å². The Kier molecular flexibility index (Phi) is 3.29. The Morgan fingerprint density at radius 3 is 2.54 bits per heavy atom. The fraction of sp³-hybridized carbons (Fsp3) is 0.750. The lowest BCUT2D eigenvalue weighted by Crippen LogP contribution is -2.26. The van der Waals surface area contributed by atoms with Crippen LogP contribution in [0.4, 0.5) is 0 Å². The molecule has 1 rings (SSSR count). The summed E-state index contributed by atoms with van der Waals surface area (Å²) in [4.78, 5) is 4.53.